The molecule has 1 N–H and O–H groups in total. The van der Waals surface area contributed by atoms with E-state index in [4.69, 9.17) is 0 Å². The largest absolute Gasteiger partial charge is 0.343 e. The SMILES string of the molecule is CC(C)C(CC(=O)N(C)C1CCNCC1)c1ccccc1.Cl. The molecule has 0 bridgehead atoms. The molecule has 0 spiro atoms. The highest BCUT2D eigenvalue weighted by Crippen LogP contribution is 2.29. The number of hydrogen-bond donors (Lipinski definition) is 1. The van der Waals surface area contributed by atoms with E-state index in [0.29, 0.717) is 24.3 Å². The lowest BCUT2D eigenvalue weighted by atomic mass is 9.85. The first-order valence-electron chi connectivity index (χ1n) is 8.11. The zero-order valence-corrected chi connectivity index (χ0v) is 14.7. The molecule has 3 nitrogen and oxygen atoms in total. The van der Waals surface area contributed by atoms with Gasteiger partial charge in [0, 0.05) is 19.5 Å². The number of nitrogens with zero attached hydrogens (tertiary/aromatic N) is 1. The van der Waals surface area contributed by atoms with Crippen molar-refractivity contribution in [2.45, 2.75) is 45.1 Å². The minimum Gasteiger partial charge on any atom is -0.343 e. The van der Waals surface area contributed by atoms with E-state index >= 15 is 0 Å². The monoisotopic (exact) mass is 324 g/mol. The molecule has 1 saturated heterocycles. The van der Waals surface area contributed by atoms with Crippen molar-refractivity contribution in [3.05, 3.63) is 35.9 Å². The summed E-state index contributed by atoms with van der Waals surface area (Å²) in [7, 11) is 1.97. The Hall–Kier alpha value is -1.06. The van der Waals surface area contributed by atoms with Crippen LogP contribution in [0.15, 0.2) is 30.3 Å². The van der Waals surface area contributed by atoms with Gasteiger partial charge in [-0.05, 0) is 43.3 Å². The van der Waals surface area contributed by atoms with Gasteiger partial charge in [-0.2, -0.15) is 0 Å². The summed E-state index contributed by atoms with van der Waals surface area (Å²) in [6, 6.07) is 10.8. The van der Waals surface area contributed by atoms with E-state index in [1.54, 1.807) is 0 Å². The number of nitrogens with one attached hydrogen (secondary N) is 1. The van der Waals surface area contributed by atoms with E-state index in [9.17, 15) is 4.79 Å². The quantitative estimate of drug-likeness (QED) is 0.899. The molecule has 1 aromatic carbocycles. The lowest BCUT2D eigenvalue weighted by molar-refractivity contribution is -0.133. The molecular weight excluding hydrogens is 296 g/mol. The second-order valence-electron chi connectivity index (χ2n) is 6.45. The van der Waals surface area contributed by atoms with Crippen molar-refractivity contribution in [2.75, 3.05) is 20.1 Å². The van der Waals surface area contributed by atoms with Crippen LogP contribution in [0, 0.1) is 5.92 Å². The molecular formula is C18H29ClN2O. The summed E-state index contributed by atoms with van der Waals surface area (Å²) < 4.78 is 0. The Balaban J connectivity index is 0.00000242. The first-order valence-corrected chi connectivity index (χ1v) is 8.11. The summed E-state index contributed by atoms with van der Waals surface area (Å²) >= 11 is 0. The second-order valence-corrected chi connectivity index (χ2v) is 6.45. The average molecular weight is 325 g/mol. The van der Waals surface area contributed by atoms with E-state index in [0.717, 1.165) is 25.9 Å². The lowest BCUT2D eigenvalue weighted by Crippen LogP contribution is -2.44. The Morgan fingerprint density at radius 1 is 1.23 bits per heavy atom. The van der Waals surface area contributed by atoms with Crippen molar-refractivity contribution in [1.82, 2.24) is 10.2 Å². The Morgan fingerprint density at radius 2 is 1.82 bits per heavy atom. The molecule has 124 valence electrons. The van der Waals surface area contributed by atoms with Crippen LogP contribution in [-0.4, -0.2) is 37.0 Å². The lowest BCUT2D eigenvalue weighted by Gasteiger charge is -2.33. The van der Waals surface area contributed by atoms with E-state index < -0.39 is 0 Å². The van der Waals surface area contributed by atoms with Crippen LogP contribution in [-0.2, 0) is 4.79 Å². The molecule has 1 heterocycles. The van der Waals surface area contributed by atoms with Crippen LogP contribution in [0.3, 0.4) is 0 Å². The molecule has 22 heavy (non-hydrogen) atoms. The molecule has 4 heteroatoms. The van der Waals surface area contributed by atoms with Gasteiger partial charge in [0.25, 0.3) is 0 Å². The van der Waals surface area contributed by atoms with Crippen molar-refractivity contribution < 1.29 is 4.79 Å². The third-order valence-electron chi connectivity index (χ3n) is 4.68. The number of piperidine rings is 1. The Morgan fingerprint density at radius 3 is 2.36 bits per heavy atom. The summed E-state index contributed by atoms with van der Waals surface area (Å²) in [6.07, 6.45) is 2.75. The third kappa shape index (κ3) is 4.99. The van der Waals surface area contributed by atoms with Gasteiger partial charge in [0.15, 0.2) is 0 Å². The van der Waals surface area contributed by atoms with Crippen molar-refractivity contribution in [1.29, 1.82) is 0 Å². The number of carbonyl (C=O) groups excluding carboxylic acids is 1. The van der Waals surface area contributed by atoms with Crippen LogP contribution >= 0.6 is 12.4 Å². The van der Waals surface area contributed by atoms with Gasteiger partial charge < -0.3 is 10.2 Å². The highest BCUT2D eigenvalue weighted by atomic mass is 35.5. The van der Waals surface area contributed by atoms with Gasteiger partial charge in [-0.3, -0.25) is 4.79 Å². The highest BCUT2D eigenvalue weighted by molar-refractivity contribution is 5.85. The molecule has 1 aliphatic heterocycles. The number of hydrogen-bond acceptors (Lipinski definition) is 2. The third-order valence-corrected chi connectivity index (χ3v) is 4.68. The maximum atomic E-state index is 12.6. The number of rotatable bonds is 5. The average Bonchev–Trinajstić information content (AvgIpc) is 2.53. The van der Waals surface area contributed by atoms with E-state index in [-0.39, 0.29) is 18.3 Å². The predicted molar refractivity (Wildman–Crippen MR) is 94.5 cm³/mol. The Labute approximate surface area is 140 Å². The van der Waals surface area contributed by atoms with E-state index in [1.165, 1.54) is 5.56 Å². The Bertz CT molecular complexity index is 444. The molecule has 1 aromatic rings. The van der Waals surface area contributed by atoms with Gasteiger partial charge >= 0.3 is 0 Å². The van der Waals surface area contributed by atoms with Crippen LogP contribution < -0.4 is 5.32 Å². The van der Waals surface area contributed by atoms with Crippen LogP contribution in [0.5, 0.6) is 0 Å². The van der Waals surface area contributed by atoms with Gasteiger partial charge in [0.1, 0.15) is 0 Å². The van der Waals surface area contributed by atoms with Gasteiger partial charge in [-0.15, -0.1) is 12.4 Å². The van der Waals surface area contributed by atoms with Crippen LogP contribution in [0.25, 0.3) is 0 Å². The standard InChI is InChI=1S/C18H28N2O.ClH/c1-14(2)17(15-7-5-4-6-8-15)13-18(21)20(3)16-9-11-19-12-10-16;/h4-8,14,16-17,19H,9-13H2,1-3H3;1H. The number of carbonyl (C=O) groups is 1. The molecule has 0 aliphatic carbocycles. The molecule has 1 fully saturated rings. The van der Waals surface area contributed by atoms with Crippen molar-refractivity contribution in [3.8, 4) is 0 Å². The second kappa shape index (κ2) is 9.16. The van der Waals surface area contributed by atoms with Crippen molar-refractivity contribution in [3.63, 3.8) is 0 Å². The molecule has 1 unspecified atom stereocenters. The summed E-state index contributed by atoms with van der Waals surface area (Å²) in [5, 5.41) is 3.36. The fourth-order valence-electron chi connectivity index (χ4n) is 3.17. The fraction of sp³-hybridized carbons (Fsp3) is 0.611. The smallest absolute Gasteiger partial charge is 0.223 e. The maximum Gasteiger partial charge on any atom is 0.223 e. The van der Waals surface area contributed by atoms with Gasteiger partial charge in [-0.1, -0.05) is 44.2 Å². The normalized spacial score (nSPS) is 16.9. The van der Waals surface area contributed by atoms with Gasteiger partial charge in [-0.25, -0.2) is 0 Å². The summed E-state index contributed by atoms with van der Waals surface area (Å²) in [6.45, 7) is 6.45. The highest BCUT2D eigenvalue weighted by Gasteiger charge is 2.26. The van der Waals surface area contributed by atoms with Crippen LogP contribution in [0.2, 0.25) is 0 Å². The van der Waals surface area contributed by atoms with Crippen LogP contribution in [0.1, 0.15) is 44.6 Å². The molecule has 0 saturated carbocycles. The van der Waals surface area contributed by atoms with Gasteiger partial charge in [0.2, 0.25) is 5.91 Å². The summed E-state index contributed by atoms with van der Waals surface area (Å²) in [5.74, 6) is 1.06. The summed E-state index contributed by atoms with van der Waals surface area (Å²) in [4.78, 5) is 14.6. The zero-order chi connectivity index (χ0) is 15.2. The fourth-order valence-corrected chi connectivity index (χ4v) is 3.17. The summed E-state index contributed by atoms with van der Waals surface area (Å²) in [5.41, 5.74) is 1.28. The minimum absolute atomic E-state index is 0. The maximum absolute atomic E-state index is 12.6. The van der Waals surface area contributed by atoms with Gasteiger partial charge in [0.05, 0.1) is 0 Å². The van der Waals surface area contributed by atoms with Crippen LogP contribution in [0.4, 0.5) is 0 Å². The zero-order valence-electron chi connectivity index (χ0n) is 13.9. The first-order chi connectivity index (χ1) is 10.1. The molecule has 1 atom stereocenters. The van der Waals surface area contributed by atoms with E-state index in [2.05, 4.69) is 43.4 Å². The number of halogens is 1. The van der Waals surface area contributed by atoms with E-state index in [1.807, 2.05) is 18.0 Å². The van der Waals surface area contributed by atoms with Crippen molar-refractivity contribution in [2.24, 2.45) is 5.92 Å². The Kier molecular flexibility index (Phi) is 7.91. The number of amides is 1. The molecule has 1 aliphatic rings. The van der Waals surface area contributed by atoms with Crippen molar-refractivity contribution >= 4 is 18.3 Å². The molecule has 1 amide bonds. The predicted octanol–water partition coefficient (Wildman–Crippen LogP) is 3.45. The molecule has 0 aromatic heterocycles. The minimum atomic E-state index is 0. The first kappa shape index (κ1) is 19.0. The molecule has 2 rings (SSSR count). The number of benzene rings is 1. The molecule has 0 radical (unpaired) electrons. The topological polar surface area (TPSA) is 32.3 Å².